The molecule has 0 amide bonds. The molecule has 100 valence electrons. The van der Waals surface area contributed by atoms with Crippen LogP contribution in [0.3, 0.4) is 0 Å². The third kappa shape index (κ3) is 3.11. The van der Waals surface area contributed by atoms with Gasteiger partial charge in [-0.15, -0.1) is 0 Å². The number of halogens is 2. The van der Waals surface area contributed by atoms with Crippen molar-refractivity contribution in [3.63, 3.8) is 0 Å². The first-order chi connectivity index (χ1) is 8.74. The number of nitrogens with two attached hydrogens (primary N) is 1. The lowest BCUT2D eigenvalue weighted by Gasteiger charge is -2.27. The average molecular weight is 315 g/mol. The SMILES string of the molecule is NNC(c1c(F)cccc1Br)C1CCCCCC1. The highest BCUT2D eigenvalue weighted by Gasteiger charge is 2.27. The highest BCUT2D eigenvalue weighted by Crippen LogP contribution is 2.37. The molecule has 0 aliphatic heterocycles. The Bertz CT molecular complexity index is 369. The smallest absolute Gasteiger partial charge is 0.129 e. The van der Waals surface area contributed by atoms with Crippen LogP contribution in [-0.2, 0) is 0 Å². The van der Waals surface area contributed by atoms with Crippen LogP contribution >= 0.6 is 15.9 Å². The molecule has 0 bridgehead atoms. The second-order valence-electron chi connectivity index (χ2n) is 5.03. The van der Waals surface area contributed by atoms with E-state index in [1.54, 1.807) is 6.07 Å². The van der Waals surface area contributed by atoms with Crippen molar-refractivity contribution < 1.29 is 4.39 Å². The number of hydrogen-bond donors (Lipinski definition) is 2. The maximum atomic E-state index is 14.0. The molecule has 1 aromatic carbocycles. The van der Waals surface area contributed by atoms with Gasteiger partial charge in [0.15, 0.2) is 0 Å². The van der Waals surface area contributed by atoms with Gasteiger partial charge in [-0.25, -0.2) is 4.39 Å². The molecule has 1 aliphatic carbocycles. The number of benzene rings is 1. The van der Waals surface area contributed by atoms with Crippen LogP contribution in [-0.4, -0.2) is 0 Å². The summed E-state index contributed by atoms with van der Waals surface area (Å²) < 4.78 is 14.8. The second kappa shape index (κ2) is 6.64. The molecule has 0 radical (unpaired) electrons. The van der Waals surface area contributed by atoms with Gasteiger partial charge >= 0.3 is 0 Å². The van der Waals surface area contributed by atoms with Crippen molar-refractivity contribution in [2.24, 2.45) is 11.8 Å². The van der Waals surface area contributed by atoms with E-state index in [4.69, 9.17) is 5.84 Å². The number of nitrogens with one attached hydrogen (secondary N) is 1. The Labute approximate surface area is 116 Å². The summed E-state index contributed by atoms with van der Waals surface area (Å²) in [6.45, 7) is 0. The number of hydrazine groups is 1. The maximum absolute atomic E-state index is 14.0. The van der Waals surface area contributed by atoms with E-state index in [9.17, 15) is 4.39 Å². The van der Waals surface area contributed by atoms with Crippen molar-refractivity contribution in [3.05, 3.63) is 34.1 Å². The largest absolute Gasteiger partial charge is 0.271 e. The molecule has 1 unspecified atom stereocenters. The molecule has 18 heavy (non-hydrogen) atoms. The lowest BCUT2D eigenvalue weighted by atomic mass is 9.87. The second-order valence-corrected chi connectivity index (χ2v) is 5.89. The Hall–Kier alpha value is -0.450. The molecule has 2 nitrogen and oxygen atoms in total. The summed E-state index contributed by atoms with van der Waals surface area (Å²) in [5.74, 6) is 5.93. The molecule has 0 spiro atoms. The molecule has 0 heterocycles. The Kier molecular flexibility index (Phi) is 5.15. The van der Waals surface area contributed by atoms with Crippen LogP contribution in [0.4, 0.5) is 4.39 Å². The third-order valence-corrected chi connectivity index (χ3v) is 4.55. The topological polar surface area (TPSA) is 38.0 Å². The molecule has 1 saturated carbocycles. The summed E-state index contributed by atoms with van der Waals surface area (Å²) in [5, 5.41) is 0. The van der Waals surface area contributed by atoms with Crippen LogP contribution in [0, 0.1) is 11.7 Å². The van der Waals surface area contributed by atoms with Gasteiger partial charge < -0.3 is 0 Å². The van der Waals surface area contributed by atoms with Crippen LogP contribution in [0.15, 0.2) is 22.7 Å². The highest BCUT2D eigenvalue weighted by molar-refractivity contribution is 9.10. The Morgan fingerprint density at radius 3 is 2.44 bits per heavy atom. The summed E-state index contributed by atoms with van der Waals surface area (Å²) in [7, 11) is 0. The molecule has 1 aromatic rings. The van der Waals surface area contributed by atoms with Gasteiger partial charge in [0, 0.05) is 10.0 Å². The van der Waals surface area contributed by atoms with Gasteiger partial charge in [-0.2, -0.15) is 0 Å². The van der Waals surface area contributed by atoms with Gasteiger partial charge in [0.2, 0.25) is 0 Å². The van der Waals surface area contributed by atoms with Crippen LogP contribution in [0.5, 0.6) is 0 Å². The predicted octanol–water partition coefficient (Wildman–Crippen LogP) is 4.06. The van der Waals surface area contributed by atoms with E-state index < -0.39 is 0 Å². The lowest BCUT2D eigenvalue weighted by Crippen LogP contribution is -2.34. The molecule has 4 heteroatoms. The Morgan fingerprint density at radius 2 is 1.89 bits per heavy atom. The van der Waals surface area contributed by atoms with Crippen LogP contribution in [0.1, 0.15) is 50.1 Å². The van der Waals surface area contributed by atoms with Gasteiger partial charge in [0.05, 0.1) is 6.04 Å². The summed E-state index contributed by atoms with van der Waals surface area (Å²) in [4.78, 5) is 0. The molecular formula is C14H20BrFN2. The quantitative estimate of drug-likeness (QED) is 0.501. The van der Waals surface area contributed by atoms with Gasteiger partial charge in [0.25, 0.3) is 0 Å². The first-order valence-corrected chi connectivity index (χ1v) is 7.43. The zero-order valence-electron chi connectivity index (χ0n) is 10.5. The minimum atomic E-state index is -0.184. The van der Waals surface area contributed by atoms with Crippen molar-refractivity contribution in [1.82, 2.24) is 5.43 Å². The predicted molar refractivity (Wildman–Crippen MR) is 75.4 cm³/mol. The summed E-state index contributed by atoms with van der Waals surface area (Å²) in [6, 6.07) is 4.99. The van der Waals surface area contributed by atoms with Gasteiger partial charge in [-0.1, -0.05) is 47.7 Å². The minimum Gasteiger partial charge on any atom is -0.271 e. The molecule has 3 N–H and O–H groups in total. The van der Waals surface area contributed by atoms with Crippen molar-refractivity contribution in [2.45, 2.75) is 44.6 Å². The monoisotopic (exact) mass is 314 g/mol. The number of hydrogen-bond acceptors (Lipinski definition) is 2. The van der Waals surface area contributed by atoms with Crippen LogP contribution in [0.2, 0.25) is 0 Å². The first kappa shape index (κ1) is 14.0. The fraction of sp³-hybridized carbons (Fsp3) is 0.571. The molecule has 2 rings (SSSR count). The molecule has 1 aliphatic rings. The fourth-order valence-electron chi connectivity index (χ4n) is 2.91. The number of rotatable bonds is 3. The van der Waals surface area contributed by atoms with E-state index in [-0.39, 0.29) is 11.9 Å². The van der Waals surface area contributed by atoms with E-state index in [2.05, 4.69) is 21.4 Å². The zero-order chi connectivity index (χ0) is 13.0. The average Bonchev–Trinajstić information content (AvgIpc) is 2.63. The fourth-order valence-corrected chi connectivity index (χ4v) is 3.50. The van der Waals surface area contributed by atoms with Crippen LogP contribution < -0.4 is 11.3 Å². The van der Waals surface area contributed by atoms with E-state index in [1.165, 1.54) is 31.7 Å². The maximum Gasteiger partial charge on any atom is 0.129 e. The van der Waals surface area contributed by atoms with E-state index in [0.29, 0.717) is 11.5 Å². The Morgan fingerprint density at radius 1 is 1.22 bits per heavy atom. The standard InChI is InChI=1S/C14H20BrFN2/c15-11-8-5-9-12(16)13(11)14(18-17)10-6-3-1-2-4-7-10/h5,8-10,14,18H,1-4,6-7,17H2. The van der Waals surface area contributed by atoms with Gasteiger partial charge in [-0.05, 0) is 30.9 Å². The van der Waals surface area contributed by atoms with E-state index in [1.807, 2.05) is 6.07 Å². The van der Waals surface area contributed by atoms with E-state index in [0.717, 1.165) is 17.3 Å². The van der Waals surface area contributed by atoms with E-state index >= 15 is 0 Å². The normalized spacial score (nSPS) is 19.5. The first-order valence-electron chi connectivity index (χ1n) is 6.64. The van der Waals surface area contributed by atoms with Crippen molar-refractivity contribution in [3.8, 4) is 0 Å². The summed E-state index contributed by atoms with van der Waals surface area (Å²) in [5.41, 5.74) is 3.50. The molecule has 1 atom stereocenters. The Balaban J connectivity index is 2.26. The zero-order valence-corrected chi connectivity index (χ0v) is 12.0. The van der Waals surface area contributed by atoms with Gasteiger partial charge in [-0.3, -0.25) is 11.3 Å². The van der Waals surface area contributed by atoms with Crippen molar-refractivity contribution in [2.75, 3.05) is 0 Å². The lowest BCUT2D eigenvalue weighted by molar-refractivity contribution is 0.320. The van der Waals surface area contributed by atoms with Crippen LogP contribution in [0.25, 0.3) is 0 Å². The highest BCUT2D eigenvalue weighted by atomic mass is 79.9. The molecule has 0 saturated heterocycles. The summed E-state index contributed by atoms with van der Waals surface area (Å²) >= 11 is 3.44. The van der Waals surface area contributed by atoms with Crippen molar-refractivity contribution in [1.29, 1.82) is 0 Å². The van der Waals surface area contributed by atoms with Crippen molar-refractivity contribution >= 4 is 15.9 Å². The molecular weight excluding hydrogens is 295 g/mol. The third-order valence-electron chi connectivity index (χ3n) is 3.86. The summed E-state index contributed by atoms with van der Waals surface area (Å²) in [6.07, 6.45) is 7.24. The minimum absolute atomic E-state index is 0.0984. The van der Waals surface area contributed by atoms with Gasteiger partial charge in [0.1, 0.15) is 5.82 Å². The molecule has 1 fully saturated rings. The molecule has 0 aromatic heterocycles.